The van der Waals surface area contributed by atoms with Crippen LogP contribution in [0.2, 0.25) is 0 Å². The number of aliphatic hydroxyl groups excluding tert-OH is 4. The molecule has 0 unspecified atom stereocenters. The highest BCUT2D eigenvalue weighted by Crippen LogP contribution is 1.97. The van der Waals surface area contributed by atoms with Crippen molar-refractivity contribution in [3.05, 3.63) is 0 Å². The summed E-state index contributed by atoms with van der Waals surface area (Å²) in [6.07, 6.45) is -3.51. The van der Waals surface area contributed by atoms with Crippen molar-refractivity contribution in [1.29, 1.82) is 0 Å². The van der Waals surface area contributed by atoms with Crippen molar-refractivity contribution in [2.75, 3.05) is 6.61 Å². The summed E-state index contributed by atoms with van der Waals surface area (Å²) >= 11 is 0. The van der Waals surface area contributed by atoms with Gasteiger partial charge in [-0.25, -0.2) is 0 Å². The van der Waals surface area contributed by atoms with E-state index in [4.69, 9.17) is 20.4 Å². The van der Waals surface area contributed by atoms with Crippen LogP contribution in [0.5, 0.6) is 0 Å². The summed E-state index contributed by atoms with van der Waals surface area (Å²) in [5.41, 5.74) is 0. The molecule has 0 aromatic heterocycles. The highest BCUT2D eigenvalue weighted by Gasteiger charge is 2.19. The van der Waals surface area contributed by atoms with Crippen LogP contribution in [-0.4, -0.2) is 45.3 Å². The Labute approximate surface area is 53.4 Å². The molecule has 0 rings (SSSR count). The van der Waals surface area contributed by atoms with Gasteiger partial charge in [0, 0.05) is 0 Å². The van der Waals surface area contributed by atoms with Crippen LogP contribution >= 0.6 is 0 Å². The van der Waals surface area contributed by atoms with Crippen molar-refractivity contribution in [1.82, 2.24) is 0 Å². The molecule has 0 aliphatic heterocycles. The van der Waals surface area contributed by atoms with Crippen LogP contribution < -0.4 is 0 Å². The van der Waals surface area contributed by atoms with Crippen LogP contribution in [-0.2, 0) is 0 Å². The smallest absolute Gasteiger partial charge is 0.108 e. The summed E-state index contributed by atoms with van der Waals surface area (Å²) in [5.74, 6) is 0. The molecule has 3 atom stereocenters. The van der Waals surface area contributed by atoms with Gasteiger partial charge in [-0.3, -0.25) is 0 Å². The van der Waals surface area contributed by atoms with Crippen LogP contribution in [0.4, 0.5) is 0 Å². The van der Waals surface area contributed by atoms with Crippen LogP contribution in [0, 0.1) is 0 Å². The Bertz CT molecular complexity index is 73.4. The van der Waals surface area contributed by atoms with E-state index in [2.05, 4.69) is 0 Å². The van der Waals surface area contributed by atoms with E-state index in [1.165, 1.54) is 6.92 Å². The minimum Gasteiger partial charge on any atom is -0.394 e. The van der Waals surface area contributed by atoms with Gasteiger partial charge in [0.05, 0.1) is 12.7 Å². The maximum Gasteiger partial charge on any atom is 0.108 e. The van der Waals surface area contributed by atoms with Crippen molar-refractivity contribution in [3.63, 3.8) is 0 Å². The Morgan fingerprint density at radius 2 is 1.67 bits per heavy atom. The summed E-state index contributed by atoms with van der Waals surface area (Å²) < 4.78 is 0. The third-order valence-electron chi connectivity index (χ3n) is 1.08. The average molecular weight is 136 g/mol. The zero-order valence-electron chi connectivity index (χ0n) is 5.23. The Hall–Kier alpha value is -0.160. The molecule has 0 spiro atoms. The second-order valence-electron chi connectivity index (χ2n) is 1.98. The van der Waals surface area contributed by atoms with Crippen LogP contribution in [0.1, 0.15) is 6.92 Å². The first-order chi connectivity index (χ1) is 4.09. The summed E-state index contributed by atoms with van der Waals surface area (Å²) in [6.45, 7) is 0.801. The number of hydrogen-bond donors (Lipinski definition) is 4. The quantitative estimate of drug-likeness (QED) is 0.364. The van der Waals surface area contributed by atoms with E-state index in [9.17, 15) is 0 Å². The minimum absolute atomic E-state index is 0.536. The standard InChI is InChI=1S/C5H12O4/c1-3(7)5(9)4(8)2-6/h3-9H,2H2,1H3/t3-,4+,5-/m1/s1. The molecule has 4 nitrogen and oxygen atoms in total. The van der Waals surface area contributed by atoms with Gasteiger partial charge in [0.2, 0.25) is 0 Å². The van der Waals surface area contributed by atoms with E-state index in [-0.39, 0.29) is 0 Å². The number of hydrogen-bond acceptors (Lipinski definition) is 4. The van der Waals surface area contributed by atoms with E-state index < -0.39 is 24.9 Å². The van der Waals surface area contributed by atoms with Gasteiger partial charge in [0.1, 0.15) is 12.2 Å². The molecule has 0 aliphatic rings. The molecule has 0 aromatic carbocycles. The van der Waals surface area contributed by atoms with Gasteiger partial charge >= 0.3 is 0 Å². The fourth-order valence-corrected chi connectivity index (χ4v) is 0.429. The van der Waals surface area contributed by atoms with Crippen molar-refractivity contribution >= 4 is 0 Å². The zero-order chi connectivity index (χ0) is 7.44. The van der Waals surface area contributed by atoms with Gasteiger partial charge < -0.3 is 20.4 Å². The predicted molar refractivity (Wildman–Crippen MR) is 30.8 cm³/mol. The molecule has 0 radical (unpaired) electrons. The van der Waals surface area contributed by atoms with Gasteiger partial charge in [-0.05, 0) is 6.92 Å². The topological polar surface area (TPSA) is 80.9 Å². The lowest BCUT2D eigenvalue weighted by atomic mass is 10.1. The van der Waals surface area contributed by atoms with Crippen molar-refractivity contribution in [2.24, 2.45) is 0 Å². The molecule has 0 fully saturated rings. The van der Waals surface area contributed by atoms with E-state index in [1.54, 1.807) is 0 Å². The van der Waals surface area contributed by atoms with Crippen LogP contribution in [0.3, 0.4) is 0 Å². The summed E-state index contributed by atoms with van der Waals surface area (Å²) in [6, 6.07) is 0. The zero-order valence-corrected chi connectivity index (χ0v) is 5.23. The van der Waals surface area contributed by atoms with Gasteiger partial charge in [-0.1, -0.05) is 0 Å². The van der Waals surface area contributed by atoms with Crippen molar-refractivity contribution in [2.45, 2.75) is 25.2 Å². The van der Waals surface area contributed by atoms with Crippen LogP contribution in [0.25, 0.3) is 0 Å². The SMILES string of the molecule is C[C@@H](O)[C@@H](O)[C@@H](O)CO. The highest BCUT2D eigenvalue weighted by atomic mass is 16.4. The second-order valence-corrected chi connectivity index (χ2v) is 1.98. The maximum atomic E-state index is 8.73. The second kappa shape index (κ2) is 3.79. The van der Waals surface area contributed by atoms with Gasteiger partial charge in [-0.15, -0.1) is 0 Å². The first kappa shape index (κ1) is 8.84. The molecular formula is C5H12O4. The Balaban J connectivity index is 3.58. The van der Waals surface area contributed by atoms with E-state index in [1.807, 2.05) is 0 Å². The molecule has 0 amide bonds. The van der Waals surface area contributed by atoms with Gasteiger partial charge in [-0.2, -0.15) is 0 Å². The Kier molecular flexibility index (Phi) is 3.72. The molecule has 0 saturated carbocycles. The first-order valence-electron chi connectivity index (χ1n) is 2.74. The van der Waals surface area contributed by atoms with E-state index in [0.717, 1.165) is 0 Å². The third-order valence-corrected chi connectivity index (χ3v) is 1.08. The summed E-state index contributed by atoms with van der Waals surface area (Å²) in [5, 5.41) is 34.2. The van der Waals surface area contributed by atoms with Crippen molar-refractivity contribution in [3.8, 4) is 0 Å². The highest BCUT2D eigenvalue weighted by molar-refractivity contribution is 4.70. The van der Waals surface area contributed by atoms with Crippen molar-refractivity contribution < 1.29 is 20.4 Å². The average Bonchev–Trinajstić information content (AvgIpc) is 1.84. The Morgan fingerprint density at radius 3 is 1.78 bits per heavy atom. The minimum atomic E-state index is -1.25. The molecule has 0 aliphatic carbocycles. The third kappa shape index (κ3) is 2.76. The molecule has 0 aromatic rings. The predicted octanol–water partition coefficient (Wildman–Crippen LogP) is -1.92. The van der Waals surface area contributed by atoms with E-state index >= 15 is 0 Å². The first-order valence-corrected chi connectivity index (χ1v) is 2.74. The number of rotatable bonds is 3. The fourth-order valence-electron chi connectivity index (χ4n) is 0.429. The Morgan fingerprint density at radius 1 is 1.22 bits per heavy atom. The molecule has 0 bridgehead atoms. The molecule has 0 saturated heterocycles. The number of aliphatic hydroxyl groups is 4. The molecule has 0 heterocycles. The van der Waals surface area contributed by atoms with E-state index in [0.29, 0.717) is 0 Å². The lowest BCUT2D eigenvalue weighted by Gasteiger charge is -2.17. The molecule has 4 heteroatoms. The lowest BCUT2D eigenvalue weighted by molar-refractivity contribution is -0.0698. The maximum absolute atomic E-state index is 8.73. The summed E-state index contributed by atoms with van der Waals surface area (Å²) in [4.78, 5) is 0. The summed E-state index contributed by atoms with van der Waals surface area (Å²) in [7, 11) is 0. The van der Waals surface area contributed by atoms with Gasteiger partial charge in [0.15, 0.2) is 0 Å². The largest absolute Gasteiger partial charge is 0.394 e. The monoisotopic (exact) mass is 136 g/mol. The lowest BCUT2D eigenvalue weighted by Crippen LogP contribution is -2.37. The molecule has 9 heavy (non-hydrogen) atoms. The fraction of sp³-hybridized carbons (Fsp3) is 1.00. The molecule has 4 N–H and O–H groups in total. The molecule has 56 valence electrons. The normalized spacial score (nSPS) is 21.0. The van der Waals surface area contributed by atoms with Gasteiger partial charge in [0.25, 0.3) is 0 Å². The molecular weight excluding hydrogens is 124 g/mol. The van der Waals surface area contributed by atoms with Crippen LogP contribution in [0.15, 0.2) is 0 Å².